The maximum Gasteiger partial charge on any atom is 0.329 e. The molecular formula is C8H11ClN4O3. The zero-order chi connectivity index (χ0) is 12.1. The number of likely N-dealkylation sites (N-methyl/N-ethyl adjacent to an activating group) is 1. The van der Waals surface area contributed by atoms with Gasteiger partial charge in [-0.25, -0.2) is 4.98 Å². The Labute approximate surface area is 96.8 Å². The normalized spacial score (nSPS) is 10.2. The molecule has 0 aliphatic heterocycles. The van der Waals surface area contributed by atoms with E-state index in [9.17, 15) is 10.1 Å². The number of halogens is 1. The van der Waals surface area contributed by atoms with Gasteiger partial charge in [0, 0.05) is 13.1 Å². The number of aromatic nitrogens is 2. The van der Waals surface area contributed by atoms with Gasteiger partial charge in [0.25, 0.3) is 0 Å². The number of nitro groups is 1. The van der Waals surface area contributed by atoms with Crippen molar-refractivity contribution in [3.8, 4) is 0 Å². The van der Waals surface area contributed by atoms with Crippen LogP contribution in [0.25, 0.3) is 0 Å². The number of aliphatic hydroxyl groups excluding tert-OH is 1. The SMILES string of the molecule is CCN(CCO)c1nc(Cl)ncc1[N+](=O)[O-]. The zero-order valence-corrected chi connectivity index (χ0v) is 9.39. The van der Waals surface area contributed by atoms with Crippen molar-refractivity contribution in [1.82, 2.24) is 9.97 Å². The summed E-state index contributed by atoms with van der Waals surface area (Å²) < 4.78 is 0. The maximum atomic E-state index is 10.8. The molecule has 0 atom stereocenters. The predicted molar refractivity (Wildman–Crippen MR) is 58.7 cm³/mol. The molecule has 1 aromatic rings. The lowest BCUT2D eigenvalue weighted by Crippen LogP contribution is -2.28. The van der Waals surface area contributed by atoms with Gasteiger partial charge in [-0.1, -0.05) is 0 Å². The third kappa shape index (κ3) is 2.77. The first kappa shape index (κ1) is 12.6. The summed E-state index contributed by atoms with van der Waals surface area (Å²) in [7, 11) is 0. The van der Waals surface area contributed by atoms with E-state index in [0.29, 0.717) is 6.54 Å². The molecule has 0 radical (unpaired) electrons. The van der Waals surface area contributed by atoms with Gasteiger partial charge < -0.3 is 10.0 Å². The summed E-state index contributed by atoms with van der Waals surface area (Å²) in [5.41, 5.74) is -0.222. The summed E-state index contributed by atoms with van der Waals surface area (Å²) >= 11 is 5.59. The summed E-state index contributed by atoms with van der Waals surface area (Å²) in [5.74, 6) is 0.126. The summed E-state index contributed by atoms with van der Waals surface area (Å²) in [5, 5.41) is 19.5. The first-order valence-corrected chi connectivity index (χ1v) is 5.00. The Kier molecular flexibility index (Phi) is 4.39. The number of rotatable bonds is 5. The van der Waals surface area contributed by atoms with Gasteiger partial charge in [0.2, 0.25) is 11.1 Å². The van der Waals surface area contributed by atoms with Crippen LogP contribution in [0.2, 0.25) is 5.28 Å². The Morgan fingerprint density at radius 1 is 1.69 bits per heavy atom. The molecule has 0 spiro atoms. The highest BCUT2D eigenvalue weighted by Crippen LogP contribution is 2.25. The van der Waals surface area contributed by atoms with E-state index in [1.165, 1.54) is 0 Å². The lowest BCUT2D eigenvalue weighted by Gasteiger charge is -2.19. The second-order valence-electron chi connectivity index (χ2n) is 2.91. The van der Waals surface area contributed by atoms with Crippen LogP contribution in [0, 0.1) is 10.1 Å². The van der Waals surface area contributed by atoms with Gasteiger partial charge in [0.05, 0.1) is 11.5 Å². The van der Waals surface area contributed by atoms with Gasteiger partial charge >= 0.3 is 5.69 Å². The van der Waals surface area contributed by atoms with Gasteiger partial charge in [-0.15, -0.1) is 0 Å². The molecule has 0 saturated carbocycles. The fraction of sp³-hybridized carbons (Fsp3) is 0.500. The van der Waals surface area contributed by atoms with E-state index >= 15 is 0 Å². The number of anilines is 1. The van der Waals surface area contributed by atoms with Crippen molar-refractivity contribution in [2.45, 2.75) is 6.92 Å². The fourth-order valence-electron chi connectivity index (χ4n) is 1.24. The molecule has 7 nitrogen and oxygen atoms in total. The van der Waals surface area contributed by atoms with Crippen molar-refractivity contribution < 1.29 is 10.0 Å². The van der Waals surface area contributed by atoms with Crippen molar-refractivity contribution in [1.29, 1.82) is 0 Å². The highest BCUT2D eigenvalue weighted by Gasteiger charge is 2.21. The predicted octanol–water partition coefficient (Wildman–Crippen LogP) is 0.857. The number of hydrogen-bond donors (Lipinski definition) is 1. The van der Waals surface area contributed by atoms with Gasteiger partial charge in [-0.05, 0) is 18.5 Å². The lowest BCUT2D eigenvalue weighted by atomic mass is 10.4. The van der Waals surface area contributed by atoms with E-state index in [0.717, 1.165) is 6.20 Å². The third-order valence-corrected chi connectivity index (χ3v) is 2.15. The van der Waals surface area contributed by atoms with E-state index < -0.39 is 4.92 Å². The highest BCUT2D eigenvalue weighted by molar-refractivity contribution is 6.28. The van der Waals surface area contributed by atoms with Crippen molar-refractivity contribution in [3.63, 3.8) is 0 Å². The smallest absolute Gasteiger partial charge is 0.329 e. The summed E-state index contributed by atoms with van der Waals surface area (Å²) in [6.45, 7) is 2.42. The van der Waals surface area contributed by atoms with Crippen LogP contribution < -0.4 is 4.90 Å². The van der Waals surface area contributed by atoms with Crippen LogP contribution in [0.4, 0.5) is 11.5 Å². The highest BCUT2D eigenvalue weighted by atomic mass is 35.5. The zero-order valence-electron chi connectivity index (χ0n) is 8.63. The topological polar surface area (TPSA) is 92.4 Å². The second kappa shape index (κ2) is 5.57. The van der Waals surface area contributed by atoms with Crippen molar-refractivity contribution in [3.05, 3.63) is 21.6 Å². The minimum absolute atomic E-state index is 0.0583. The Morgan fingerprint density at radius 3 is 2.88 bits per heavy atom. The Hall–Kier alpha value is -1.47. The molecule has 0 aliphatic rings. The standard InChI is InChI=1S/C8H11ClN4O3/c1-2-12(3-4-14)7-6(13(15)16)5-10-8(9)11-7/h5,14H,2-4H2,1H3. The molecule has 0 fully saturated rings. The van der Waals surface area contributed by atoms with Crippen LogP contribution in [0.5, 0.6) is 0 Å². The quantitative estimate of drug-likeness (QED) is 0.471. The minimum atomic E-state index is -0.578. The summed E-state index contributed by atoms with van der Waals surface area (Å²) in [6.07, 6.45) is 1.06. The first-order valence-electron chi connectivity index (χ1n) is 4.62. The molecule has 8 heteroatoms. The maximum absolute atomic E-state index is 10.8. The van der Waals surface area contributed by atoms with Gasteiger partial charge in [-0.3, -0.25) is 10.1 Å². The molecule has 1 N–H and O–H groups in total. The molecule has 1 heterocycles. The fourth-order valence-corrected chi connectivity index (χ4v) is 1.37. The number of nitrogens with zero attached hydrogens (tertiary/aromatic N) is 4. The Bertz CT molecular complexity index is 388. The molecule has 0 aromatic carbocycles. The number of aliphatic hydroxyl groups is 1. The van der Waals surface area contributed by atoms with Gasteiger partial charge in [0.1, 0.15) is 6.20 Å². The van der Waals surface area contributed by atoms with Crippen LogP contribution in [0.15, 0.2) is 6.20 Å². The average Bonchev–Trinajstić information content (AvgIpc) is 2.25. The minimum Gasteiger partial charge on any atom is -0.395 e. The van der Waals surface area contributed by atoms with Crippen molar-refractivity contribution >= 4 is 23.1 Å². The molecule has 0 amide bonds. The molecule has 88 valence electrons. The van der Waals surface area contributed by atoms with Crippen LogP contribution >= 0.6 is 11.6 Å². The number of hydrogen-bond acceptors (Lipinski definition) is 6. The Morgan fingerprint density at radius 2 is 2.38 bits per heavy atom. The van der Waals surface area contributed by atoms with E-state index in [1.54, 1.807) is 11.8 Å². The van der Waals surface area contributed by atoms with Crippen LogP contribution in [-0.4, -0.2) is 39.7 Å². The van der Waals surface area contributed by atoms with Crippen LogP contribution in [0.3, 0.4) is 0 Å². The lowest BCUT2D eigenvalue weighted by molar-refractivity contribution is -0.384. The van der Waals surface area contributed by atoms with Gasteiger partial charge in [0.15, 0.2) is 0 Å². The molecule has 0 unspecified atom stereocenters. The second-order valence-corrected chi connectivity index (χ2v) is 3.25. The third-order valence-electron chi connectivity index (χ3n) is 1.97. The Balaban J connectivity index is 3.16. The van der Waals surface area contributed by atoms with Crippen molar-refractivity contribution in [2.75, 3.05) is 24.6 Å². The molecular weight excluding hydrogens is 236 g/mol. The van der Waals surface area contributed by atoms with E-state index in [1.807, 2.05) is 0 Å². The molecule has 0 bridgehead atoms. The first-order chi connectivity index (χ1) is 7.60. The molecule has 16 heavy (non-hydrogen) atoms. The van der Waals surface area contributed by atoms with Gasteiger partial charge in [-0.2, -0.15) is 4.98 Å². The van der Waals surface area contributed by atoms with E-state index in [-0.39, 0.29) is 29.9 Å². The van der Waals surface area contributed by atoms with E-state index in [4.69, 9.17) is 16.7 Å². The summed E-state index contributed by atoms with van der Waals surface area (Å²) in [4.78, 5) is 19.1. The summed E-state index contributed by atoms with van der Waals surface area (Å²) in [6, 6.07) is 0. The van der Waals surface area contributed by atoms with E-state index in [2.05, 4.69) is 9.97 Å². The monoisotopic (exact) mass is 246 g/mol. The molecule has 0 saturated heterocycles. The largest absolute Gasteiger partial charge is 0.395 e. The van der Waals surface area contributed by atoms with Crippen LogP contribution in [-0.2, 0) is 0 Å². The van der Waals surface area contributed by atoms with Crippen molar-refractivity contribution in [2.24, 2.45) is 0 Å². The molecule has 0 aliphatic carbocycles. The van der Waals surface area contributed by atoms with Crippen LogP contribution in [0.1, 0.15) is 6.92 Å². The average molecular weight is 247 g/mol. The molecule has 1 rings (SSSR count). The molecule has 1 aromatic heterocycles.